The van der Waals surface area contributed by atoms with E-state index in [1.54, 1.807) is 11.8 Å². The number of carbonyl (C=O) groups is 1. The number of aliphatic imine (C=N–C) groups is 1. The van der Waals surface area contributed by atoms with E-state index in [-0.39, 0.29) is 5.78 Å². The highest BCUT2D eigenvalue weighted by molar-refractivity contribution is 8.16. The molecular weight excluding hydrogens is 306 g/mol. The normalized spacial score (nSPS) is 14.5. The summed E-state index contributed by atoms with van der Waals surface area (Å²) in [4.78, 5) is 17.2. The molecule has 0 aromatic heterocycles. The van der Waals surface area contributed by atoms with Gasteiger partial charge in [0.1, 0.15) is 5.04 Å². The third-order valence-electron chi connectivity index (χ3n) is 3.39. The summed E-state index contributed by atoms with van der Waals surface area (Å²) in [5.41, 5.74) is 5.91. The van der Waals surface area contributed by atoms with E-state index in [1.807, 2.05) is 61.5 Å². The minimum Gasteiger partial charge on any atom is -0.287 e. The second-order valence-electron chi connectivity index (χ2n) is 5.17. The van der Waals surface area contributed by atoms with Crippen LogP contribution in [0.3, 0.4) is 0 Å². The molecule has 1 aliphatic rings. The van der Waals surface area contributed by atoms with E-state index in [0.29, 0.717) is 16.3 Å². The van der Waals surface area contributed by atoms with Crippen LogP contribution in [0.15, 0.2) is 64.7 Å². The van der Waals surface area contributed by atoms with Crippen LogP contribution >= 0.6 is 11.8 Å². The Morgan fingerprint density at radius 3 is 2.52 bits per heavy atom. The first-order chi connectivity index (χ1) is 11.2. The highest BCUT2D eigenvalue weighted by Crippen LogP contribution is 2.17. The molecule has 1 heterocycles. The van der Waals surface area contributed by atoms with Gasteiger partial charge in [-0.3, -0.25) is 15.2 Å². The van der Waals surface area contributed by atoms with Crippen molar-refractivity contribution in [1.29, 1.82) is 0 Å². The van der Waals surface area contributed by atoms with E-state index in [4.69, 9.17) is 0 Å². The summed E-state index contributed by atoms with van der Waals surface area (Å²) >= 11 is 1.57. The van der Waals surface area contributed by atoms with Gasteiger partial charge in [-0.25, -0.2) is 0 Å². The summed E-state index contributed by atoms with van der Waals surface area (Å²) in [7, 11) is 0. The number of carbonyl (C=O) groups excluding carboxylic acids is 1. The highest BCUT2D eigenvalue weighted by Gasteiger charge is 2.23. The number of thioether (sulfide) groups is 1. The van der Waals surface area contributed by atoms with Gasteiger partial charge in [-0.2, -0.15) is 5.10 Å². The molecule has 5 heteroatoms. The van der Waals surface area contributed by atoms with Crippen LogP contribution in [0.25, 0.3) is 0 Å². The molecule has 0 fully saturated rings. The maximum Gasteiger partial charge on any atom is 0.215 e. The molecule has 0 bridgehead atoms. The number of ketones is 1. The van der Waals surface area contributed by atoms with Gasteiger partial charge in [0.15, 0.2) is 5.71 Å². The first-order valence-electron chi connectivity index (χ1n) is 7.42. The predicted molar refractivity (Wildman–Crippen MR) is 97.8 cm³/mol. The largest absolute Gasteiger partial charge is 0.287 e. The topological polar surface area (TPSA) is 53.8 Å². The summed E-state index contributed by atoms with van der Waals surface area (Å²) in [6, 6.07) is 17.1. The molecule has 2 aromatic rings. The molecular formula is C18H17N3OS. The minimum atomic E-state index is -0.110. The Morgan fingerprint density at radius 1 is 1.13 bits per heavy atom. The van der Waals surface area contributed by atoms with Gasteiger partial charge in [0, 0.05) is 17.9 Å². The Morgan fingerprint density at radius 2 is 1.87 bits per heavy atom. The molecule has 0 atom stereocenters. The lowest BCUT2D eigenvalue weighted by Crippen LogP contribution is -2.23. The lowest BCUT2D eigenvalue weighted by atomic mass is 10.1. The number of anilines is 1. The number of hydrogen-bond acceptors (Lipinski definition) is 5. The van der Waals surface area contributed by atoms with Gasteiger partial charge < -0.3 is 0 Å². The number of para-hydroxylation sites is 1. The molecule has 0 saturated carbocycles. The Balaban J connectivity index is 1.89. The van der Waals surface area contributed by atoms with Gasteiger partial charge in [-0.1, -0.05) is 48.0 Å². The van der Waals surface area contributed by atoms with Crippen LogP contribution in [-0.4, -0.2) is 28.8 Å². The first-order valence-corrected chi connectivity index (χ1v) is 8.40. The molecule has 0 aliphatic carbocycles. The zero-order chi connectivity index (χ0) is 16.1. The number of hydrogen-bond donors (Lipinski definition) is 1. The Hall–Kier alpha value is -2.40. The number of rotatable bonds is 5. The van der Waals surface area contributed by atoms with Crippen LogP contribution in [-0.2, 0) is 0 Å². The molecule has 1 N–H and O–H groups in total. The fourth-order valence-electron chi connectivity index (χ4n) is 2.15. The van der Waals surface area contributed by atoms with Crippen molar-refractivity contribution in [1.82, 2.24) is 0 Å². The highest BCUT2D eigenvalue weighted by atomic mass is 32.2. The van der Waals surface area contributed by atoms with Crippen molar-refractivity contribution < 1.29 is 4.79 Å². The lowest BCUT2D eigenvalue weighted by molar-refractivity contribution is 0.106. The summed E-state index contributed by atoms with van der Waals surface area (Å²) in [5.74, 6) is 0.780. The van der Waals surface area contributed by atoms with E-state index in [9.17, 15) is 4.79 Å². The number of hydrazone groups is 1. The van der Waals surface area contributed by atoms with Crippen LogP contribution in [0, 0.1) is 6.92 Å². The smallest absolute Gasteiger partial charge is 0.215 e. The van der Waals surface area contributed by atoms with Crippen molar-refractivity contribution in [2.45, 2.75) is 6.92 Å². The zero-order valence-corrected chi connectivity index (χ0v) is 13.6. The van der Waals surface area contributed by atoms with Crippen molar-refractivity contribution in [2.24, 2.45) is 10.1 Å². The Kier molecular flexibility index (Phi) is 4.88. The quantitative estimate of drug-likeness (QED) is 0.517. The number of benzene rings is 2. The second kappa shape index (κ2) is 7.24. The van der Waals surface area contributed by atoms with Gasteiger partial charge in [0.05, 0.1) is 5.69 Å². The standard InChI is InChI=1S/C18H17N3OS/c1-13-7-9-14(10-8-13)17(22)16(18-19-11-12-23-18)21-20-15-5-3-2-4-6-15/h2-10,20H,11-12H2,1H3/b21-16-. The third-order valence-corrected chi connectivity index (χ3v) is 4.37. The monoisotopic (exact) mass is 323 g/mol. The fraction of sp³-hybridized carbons (Fsp3) is 0.167. The molecule has 1 aliphatic heterocycles. The van der Waals surface area contributed by atoms with E-state index in [2.05, 4.69) is 15.5 Å². The van der Waals surface area contributed by atoms with Crippen LogP contribution < -0.4 is 5.43 Å². The molecule has 0 amide bonds. The Labute approximate surface area is 139 Å². The number of nitrogens with zero attached hydrogens (tertiary/aromatic N) is 2. The van der Waals surface area contributed by atoms with E-state index < -0.39 is 0 Å². The van der Waals surface area contributed by atoms with Crippen LogP contribution in [0.5, 0.6) is 0 Å². The SMILES string of the molecule is Cc1ccc(C(=O)/C(=N/Nc2ccccc2)C2=NCCS2)cc1. The maximum atomic E-state index is 12.8. The molecule has 0 unspecified atom stereocenters. The minimum absolute atomic E-state index is 0.110. The predicted octanol–water partition coefficient (Wildman–Crippen LogP) is 3.79. The van der Waals surface area contributed by atoms with E-state index in [0.717, 1.165) is 23.5 Å². The number of nitrogens with one attached hydrogen (secondary N) is 1. The van der Waals surface area contributed by atoms with Gasteiger partial charge in [0.2, 0.25) is 5.78 Å². The summed E-state index contributed by atoms with van der Waals surface area (Å²) in [6.45, 7) is 2.72. The summed E-state index contributed by atoms with van der Waals surface area (Å²) < 4.78 is 0. The van der Waals surface area contributed by atoms with Crippen molar-refractivity contribution in [3.8, 4) is 0 Å². The number of aryl methyl sites for hydroxylation is 1. The van der Waals surface area contributed by atoms with Crippen molar-refractivity contribution >= 4 is 34.0 Å². The average Bonchev–Trinajstić information content (AvgIpc) is 3.11. The van der Waals surface area contributed by atoms with Gasteiger partial charge in [0.25, 0.3) is 0 Å². The van der Waals surface area contributed by atoms with E-state index >= 15 is 0 Å². The van der Waals surface area contributed by atoms with Crippen LogP contribution in [0.4, 0.5) is 5.69 Å². The first kappa shape index (κ1) is 15.5. The molecule has 2 aromatic carbocycles. The van der Waals surface area contributed by atoms with Crippen molar-refractivity contribution in [2.75, 3.05) is 17.7 Å². The van der Waals surface area contributed by atoms with Crippen LogP contribution in [0.2, 0.25) is 0 Å². The number of Topliss-reactive ketones (excluding diaryl/α,β-unsaturated/α-hetero) is 1. The second-order valence-corrected chi connectivity index (χ2v) is 6.25. The van der Waals surface area contributed by atoms with Gasteiger partial charge >= 0.3 is 0 Å². The molecule has 0 radical (unpaired) electrons. The van der Waals surface area contributed by atoms with Gasteiger partial charge in [-0.05, 0) is 19.1 Å². The summed E-state index contributed by atoms with van der Waals surface area (Å²) in [6.07, 6.45) is 0. The van der Waals surface area contributed by atoms with Crippen molar-refractivity contribution in [3.05, 3.63) is 65.7 Å². The molecule has 3 rings (SSSR count). The molecule has 4 nitrogen and oxygen atoms in total. The molecule has 116 valence electrons. The molecule has 0 saturated heterocycles. The van der Waals surface area contributed by atoms with Crippen LogP contribution in [0.1, 0.15) is 15.9 Å². The fourth-order valence-corrected chi connectivity index (χ4v) is 2.98. The van der Waals surface area contributed by atoms with Gasteiger partial charge in [-0.15, -0.1) is 11.8 Å². The molecule has 23 heavy (non-hydrogen) atoms. The Bertz CT molecular complexity index is 752. The third kappa shape index (κ3) is 3.87. The molecule has 0 spiro atoms. The van der Waals surface area contributed by atoms with Crippen molar-refractivity contribution in [3.63, 3.8) is 0 Å². The lowest BCUT2D eigenvalue weighted by Gasteiger charge is -2.07. The average molecular weight is 323 g/mol. The zero-order valence-electron chi connectivity index (χ0n) is 12.8. The van der Waals surface area contributed by atoms with E-state index in [1.165, 1.54) is 0 Å². The maximum absolute atomic E-state index is 12.8. The summed E-state index contributed by atoms with van der Waals surface area (Å²) in [5, 5.41) is 5.05.